The van der Waals surface area contributed by atoms with Crippen LogP contribution < -0.4 is 4.74 Å². The van der Waals surface area contributed by atoms with Gasteiger partial charge >= 0.3 is 0 Å². The first-order valence-corrected chi connectivity index (χ1v) is 5.89. The van der Waals surface area contributed by atoms with E-state index in [1.165, 1.54) is 0 Å². The summed E-state index contributed by atoms with van der Waals surface area (Å²) in [5, 5.41) is 0. The maximum absolute atomic E-state index is 11.2. The molecule has 0 radical (unpaired) electrons. The molecule has 0 saturated heterocycles. The molecule has 0 spiro atoms. The van der Waals surface area contributed by atoms with E-state index in [-0.39, 0.29) is 0 Å². The molecule has 0 bridgehead atoms. The lowest BCUT2D eigenvalue weighted by Gasteiger charge is -2.06. The number of aromatic nitrogens is 2. The molecule has 0 aliphatic carbocycles. The molecule has 94 valence electrons. The number of imidazole rings is 1. The molecule has 1 aromatic carbocycles. The second-order valence-corrected chi connectivity index (χ2v) is 4.14. The van der Waals surface area contributed by atoms with E-state index in [4.69, 9.17) is 4.74 Å². The van der Waals surface area contributed by atoms with Crippen LogP contribution in [0.5, 0.6) is 5.75 Å². The number of aldehydes is 1. The highest BCUT2D eigenvalue weighted by Gasteiger charge is 2.09. The Morgan fingerprint density at radius 2 is 2.05 bits per heavy atom. The summed E-state index contributed by atoms with van der Waals surface area (Å²) in [5.74, 6) is 1.49. The van der Waals surface area contributed by atoms with Crippen molar-refractivity contribution >= 4 is 11.8 Å². The van der Waals surface area contributed by atoms with Crippen LogP contribution in [0, 0.1) is 0 Å². The van der Waals surface area contributed by atoms with Crippen molar-refractivity contribution in [2.45, 2.75) is 0 Å². The largest absolute Gasteiger partial charge is 0.497 e. The van der Waals surface area contributed by atoms with Crippen molar-refractivity contribution in [2.75, 3.05) is 7.11 Å². The topological polar surface area (TPSA) is 43.6 Å². The number of ether oxygens (including phenoxy) is 1. The van der Waals surface area contributed by atoms with Gasteiger partial charge in [0.1, 0.15) is 11.6 Å². The standard InChI is InChI=1S/C15H12N2O2/c1-19-14-7-2-4-11(8-14)15-16-9-12-5-3-6-13(10-18)17(12)15/h2-10H,1H3. The fourth-order valence-electron chi connectivity index (χ4n) is 2.13. The zero-order valence-electron chi connectivity index (χ0n) is 10.4. The van der Waals surface area contributed by atoms with E-state index in [9.17, 15) is 4.79 Å². The Hall–Kier alpha value is -2.62. The molecule has 0 amide bonds. The molecular formula is C15H12N2O2. The Morgan fingerprint density at radius 3 is 2.84 bits per heavy atom. The van der Waals surface area contributed by atoms with Gasteiger partial charge in [-0.05, 0) is 24.3 Å². The van der Waals surface area contributed by atoms with Crippen molar-refractivity contribution in [1.82, 2.24) is 9.38 Å². The molecule has 0 unspecified atom stereocenters. The van der Waals surface area contributed by atoms with E-state index in [0.29, 0.717) is 5.69 Å². The summed E-state index contributed by atoms with van der Waals surface area (Å²) < 4.78 is 7.05. The van der Waals surface area contributed by atoms with Gasteiger partial charge in [0.25, 0.3) is 0 Å². The number of benzene rings is 1. The SMILES string of the molecule is COc1cccc(-c2ncc3cccc(C=O)n23)c1. The normalized spacial score (nSPS) is 10.6. The minimum absolute atomic E-state index is 0.577. The average Bonchev–Trinajstić information content (AvgIpc) is 2.91. The van der Waals surface area contributed by atoms with E-state index >= 15 is 0 Å². The fraction of sp³-hybridized carbons (Fsp3) is 0.0667. The third-order valence-corrected chi connectivity index (χ3v) is 3.03. The molecule has 0 aliphatic rings. The second-order valence-electron chi connectivity index (χ2n) is 4.14. The van der Waals surface area contributed by atoms with Crippen LogP contribution in [-0.2, 0) is 0 Å². The number of methoxy groups -OCH3 is 1. The number of carbonyl (C=O) groups is 1. The van der Waals surface area contributed by atoms with E-state index in [0.717, 1.165) is 28.9 Å². The van der Waals surface area contributed by atoms with E-state index < -0.39 is 0 Å². The summed E-state index contributed by atoms with van der Waals surface area (Å²) in [5.41, 5.74) is 2.38. The minimum atomic E-state index is 0.577. The van der Waals surface area contributed by atoms with E-state index in [2.05, 4.69) is 4.98 Å². The summed E-state index contributed by atoms with van der Waals surface area (Å²) in [7, 11) is 1.62. The quantitative estimate of drug-likeness (QED) is 0.673. The molecule has 3 rings (SSSR count). The molecule has 0 saturated carbocycles. The number of pyridine rings is 1. The first kappa shape index (κ1) is 11.5. The lowest BCUT2D eigenvalue weighted by molar-refractivity contribution is 0.111. The maximum Gasteiger partial charge on any atom is 0.166 e. The Labute approximate surface area is 110 Å². The molecule has 4 heteroatoms. The number of hydrogen-bond donors (Lipinski definition) is 0. The van der Waals surface area contributed by atoms with Crippen LogP contribution in [0.3, 0.4) is 0 Å². The monoisotopic (exact) mass is 252 g/mol. The van der Waals surface area contributed by atoms with Gasteiger partial charge in [-0.25, -0.2) is 4.98 Å². The molecule has 2 aromatic heterocycles. The number of fused-ring (bicyclic) bond motifs is 1. The first-order chi connectivity index (χ1) is 9.33. The first-order valence-electron chi connectivity index (χ1n) is 5.89. The van der Waals surface area contributed by atoms with Gasteiger partial charge < -0.3 is 4.74 Å². The Kier molecular flexibility index (Phi) is 2.76. The Balaban J connectivity index is 2.27. The summed E-state index contributed by atoms with van der Waals surface area (Å²) in [6.45, 7) is 0. The fourth-order valence-corrected chi connectivity index (χ4v) is 2.13. The average molecular weight is 252 g/mol. The van der Waals surface area contributed by atoms with Gasteiger partial charge in [0.05, 0.1) is 24.5 Å². The summed E-state index contributed by atoms with van der Waals surface area (Å²) in [6.07, 6.45) is 2.58. The molecule has 4 nitrogen and oxygen atoms in total. The number of hydrogen-bond acceptors (Lipinski definition) is 3. The van der Waals surface area contributed by atoms with E-state index in [1.54, 1.807) is 19.4 Å². The number of nitrogens with zero attached hydrogens (tertiary/aromatic N) is 2. The number of carbonyl (C=O) groups excluding carboxylic acids is 1. The highest BCUT2D eigenvalue weighted by atomic mass is 16.5. The predicted octanol–water partition coefficient (Wildman–Crippen LogP) is 2.82. The van der Waals surface area contributed by atoms with Gasteiger partial charge in [-0.15, -0.1) is 0 Å². The summed E-state index contributed by atoms with van der Waals surface area (Å²) in [4.78, 5) is 15.5. The van der Waals surface area contributed by atoms with Gasteiger partial charge in [0.15, 0.2) is 6.29 Å². The lowest BCUT2D eigenvalue weighted by atomic mass is 10.2. The van der Waals surface area contributed by atoms with Gasteiger partial charge in [-0.2, -0.15) is 0 Å². The van der Waals surface area contributed by atoms with Gasteiger partial charge in [-0.3, -0.25) is 9.20 Å². The second kappa shape index (κ2) is 4.57. The molecule has 2 heterocycles. The molecule has 0 aliphatic heterocycles. The Bertz CT molecular complexity index is 747. The van der Waals surface area contributed by atoms with Crippen molar-refractivity contribution in [2.24, 2.45) is 0 Å². The molecule has 0 atom stereocenters. The van der Waals surface area contributed by atoms with Crippen LogP contribution in [0.1, 0.15) is 10.5 Å². The van der Waals surface area contributed by atoms with Crippen LogP contribution in [0.2, 0.25) is 0 Å². The molecule has 3 aromatic rings. The third-order valence-electron chi connectivity index (χ3n) is 3.03. The molecule has 19 heavy (non-hydrogen) atoms. The highest BCUT2D eigenvalue weighted by Crippen LogP contribution is 2.24. The van der Waals surface area contributed by atoms with E-state index in [1.807, 2.05) is 40.8 Å². The lowest BCUT2D eigenvalue weighted by Crippen LogP contribution is -1.97. The van der Waals surface area contributed by atoms with Gasteiger partial charge in [-0.1, -0.05) is 18.2 Å². The highest BCUT2D eigenvalue weighted by molar-refractivity contribution is 5.77. The molecule has 0 N–H and O–H groups in total. The van der Waals surface area contributed by atoms with Crippen LogP contribution >= 0.6 is 0 Å². The van der Waals surface area contributed by atoms with Crippen molar-refractivity contribution in [3.8, 4) is 17.1 Å². The molecule has 0 fully saturated rings. The predicted molar refractivity (Wildman–Crippen MR) is 72.6 cm³/mol. The zero-order chi connectivity index (χ0) is 13.2. The number of rotatable bonds is 3. The zero-order valence-corrected chi connectivity index (χ0v) is 10.4. The third kappa shape index (κ3) is 1.87. The van der Waals surface area contributed by atoms with Gasteiger partial charge in [0.2, 0.25) is 0 Å². The summed E-state index contributed by atoms with van der Waals surface area (Å²) in [6, 6.07) is 13.2. The van der Waals surface area contributed by atoms with Crippen LogP contribution in [0.4, 0.5) is 0 Å². The van der Waals surface area contributed by atoms with Crippen molar-refractivity contribution < 1.29 is 9.53 Å². The van der Waals surface area contributed by atoms with Crippen molar-refractivity contribution in [1.29, 1.82) is 0 Å². The van der Waals surface area contributed by atoms with Crippen molar-refractivity contribution in [3.05, 3.63) is 54.4 Å². The van der Waals surface area contributed by atoms with Crippen molar-refractivity contribution in [3.63, 3.8) is 0 Å². The summed E-state index contributed by atoms with van der Waals surface area (Å²) >= 11 is 0. The van der Waals surface area contributed by atoms with Crippen LogP contribution in [0.25, 0.3) is 16.9 Å². The van der Waals surface area contributed by atoms with Crippen LogP contribution in [0.15, 0.2) is 48.7 Å². The smallest absolute Gasteiger partial charge is 0.166 e. The Morgan fingerprint density at radius 1 is 1.21 bits per heavy atom. The minimum Gasteiger partial charge on any atom is -0.497 e. The van der Waals surface area contributed by atoms with Crippen LogP contribution in [-0.4, -0.2) is 22.8 Å². The van der Waals surface area contributed by atoms with Gasteiger partial charge in [0, 0.05) is 5.56 Å². The maximum atomic E-state index is 11.2. The molecular weight excluding hydrogens is 240 g/mol.